The largest absolute Gasteiger partial charge is 0.288 e. The fourth-order valence-electron chi connectivity index (χ4n) is 2.85. The van der Waals surface area contributed by atoms with Gasteiger partial charge in [-0.05, 0) is 34.4 Å². The monoisotopic (exact) mass is 248 g/mol. The third-order valence-electron chi connectivity index (χ3n) is 3.67. The summed E-state index contributed by atoms with van der Waals surface area (Å²) in [6.07, 6.45) is 0. The molecule has 3 aliphatic rings. The molecule has 0 saturated heterocycles. The second-order valence-electron chi connectivity index (χ2n) is 4.70. The molecule has 3 aliphatic carbocycles. The molecule has 1 aromatic rings. The van der Waals surface area contributed by atoms with E-state index in [0.29, 0.717) is 11.1 Å². The van der Waals surface area contributed by atoms with E-state index in [2.05, 4.69) is 0 Å². The molecule has 4 rings (SSSR count). The molecule has 0 heterocycles. The van der Waals surface area contributed by atoms with E-state index in [1.165, 1.54) is 6.07 Å². The number of carbonyl (C=O) groups excluding carboxylic acids is 1. The van der Waals surface area contributed by atoms with Crippen molar-refractivity contribution in [3.05, 3.63) is 71.5 Å². The molecule has 0 amide bonds. The van der Waals surface area contributed by atoms with Crippen LogP contribution in [0.25, 0.3) is 22.3 Å². The zero-order valence-electron chi connectivity index (χ0n) is 9.98. The number of ketones is 1. The van der Waals surface area contributed by atoms with Crippen LogP contribution in [0.5, 0.6) is 0 Å². The van der Waals surface area contributed by atoms with Gasteiger partial charge in [-0.2, -0.15) is 0 Å². The highest BCUT2D eigenvalue weighted by Gasteiger charge is 2.33. The maximum Gasteiger partial charge on any atom is 0.197 e. The lowest BCUT2D eigenvalue weighted by Gasteiger charge is -2.00. The molecular formula is C17H9FO. The van der Waals surface area contributed by atoms with Crippen LogP contribution in [0.4, 0.5) is 4.39 Å². The molecule has 0 aliphatic heterocycles. The lowest BCUT2D eigenvalue weighted by atomic mass is 10.0. The van der Waals surface area contributed by atoms with Gasteiger partial charge >= 0.3 is 0 Å². The standard InChI is InChI=1S/C17H9FO/c18-14-8-4-7-12-13-9-10-5-2-1-3-6-11(10)15(13)17(19)16(12)14/h1-9H. The number of carbonyl (C=O) groups is 1. The Hall–Kier alpha value is -2.48. The lowest BCUT2D eigenvalue weighted by molar-refractivity contribution is 0.104. The molecule has 0 radical (unpaired) electrons. The summed E-state index contributed by atoms with van der Waals surface area (Å²) >= 11 is 0. The fraction of sp³-hybridized carbons (Fsp3) is 0. The summed E-state index contributed by atoms with van der Waals surface area (Å²) in [5, 5.41) is 0. The Balaban J connectivity index is 2.14. The maximum atomic E-state index is 13.8. The number of hydrogen-bond acceptors (Lipinski definition) is 1. The van der Waals surface area contributed by atoms with Gasteiger partial charge in [0, 0.05) is 5.56 Å². The van der Waals surface area contributed by atoms with Gasteiger partial charge in [0.1, 0.15) is 5.82 Å². The quantitative estimate of drug-likeness (QED) is 0.457. The zero-order valence-corrected chi connectivity index (χ0v) is 9.98. The molecule has 0 fully saturated rings. The van der Waals surface area contributed by atoms with Crippen LogP contribution >= 0.6 is 0 Å². The van der Waals surface area contributed by atoms with Crippen LogP contribution in [0.15, 0.2) is 54.6 Å². The van der Waals surface area contributed by atoms with Gasteiger partial charge in [0.25, 0.3) is 0 Å². The molecule has 2 heteroatoms. The van der Waals surface area contributed by atoms with Crippen LogP contribution in [-0.2, 0) is 0 Å². The van der Waals surface area contributed by atoms with Gasteiger partial charge < -0.3 is 0 Å². The van der Waals surface area contributed by atoms with Gasteiger partial charge in [0.15, 0.2) is 5.78 Å². The Kier molecular flexibility index (Phi) is 1.93. The molecule has 0 aromatic heterocycles. The molecule has 0 bridgehead atoms. The number of halogens is 1. The van der Waals surface area contributed by atoms with E-state index < -0.39 is 5.82 Å². The van der Waals surface area contributed by atoms with Crippen LogP contribution in [0.3, 0.4) is 0 Å². The number of rotatable bonds is 0. The Morgan fingerprint density at radius 2 is 1.53 bits per heavy atom. The highest BCUT2D eigenvalue weighted by molar-refractivity contribution is 6.26. The smallest absolute Gasteiger partial charge is 0.197 e. The first kappa shape index (κ1) is 10.4. The van der Waals surface area contributed by atoms with Gasteiger partial charge in [-0.25, -0.2) is 4.39 Å². The van der Waals surface area contributed by atoms with Gasteiger partial charge in [-0.15, -0.1) is 0 Å². The summed E-state index contributed by atoms with van der Waals surface area (Å²) in [5.74, 6) is -0.642. The first-order valence-corrected chi connectivity index (χ1v) is 6.13. The lowest BCUT2D eigenvalue weighted by Crippen LogP contribution is -1.99. The minimum absolute atomic E-state index is 0.204. The van der Waals surface area contributed by atoms with Crippen molar-refractivity contribution in [2.45, 2.75) is 0 Å². The molecule has 0 unspecified atom stereocenters. The van der Waals surface area contributed by atoms with E-state index in [1.807, 2.05) is 36.4 Å². The molecule has 90 valence electrons. The van der Waals surface area contributed by atoms with Crippen molar-refractivity contribution in [2.24, 2.45) is 0 Å². The van der Waals surface area contributed by atoms with Crippen molar-refractivity contribution in [1.29, 1.82) is 0 Å². The molecule has 0 N–H and O–H groups in total. The van der Waals surface area contributed by atoms with Crippen molar-refractivity contribution in [3.8, 4) is 22.3 Å². The summed E-state index contributed by atoms with van der Waals surface area (Å²) < 4.78 is 13.8. The van der Waals surface area contributed by atoms with E-state index in [9.17, 15) is 9.18 Å². The molecule has 19 heavy (non-hydrogen) atoms. The van der Waals surface area contributed by atoms with E-state index in [-0.39, 0.29) is 11.3 Å². The first-order chi connectivity index (χ1) is 9.27. The summed E-state index contributed by atoms with van der Waals surface area (Å²) in [5.41, 5.74) is 4.30. The highest BCUT2D eigenvalue weighted by atomic mass is 19.1. The van der Waals surface area contributed by atoms with Gasteiger partial charge in [0.2, 0.25) is 0 Å². The molecule has 0 spiro atoms. The van der Waals surface area contributed by atoms with Crippen LogP contribution in [0, 0.1) is 5.82 Å². The summed E-state index contributed by atoms with van der Waals surface area (Å²) in [7, 11) is 0. The first-order valence-electron chi connectivity index (χ1n) is 6.13. The Bertz CT molecular complexity index is 804. The third kappa shape index (κ3) is 1.26. The predicted molar refractivity (Wildman–Crippen MR) is 71.9 cm³/mol. The average molecular weight is 248 g/mol. The van der Waals surface area contributed by atoms with Crippen molar-refractivity contribution in [2.75, 3.05) is 0 Å². The molecular weight excluding hydrogens is 239 g/mol. The van der Waals surface area contributed by atoms with Gasteiger partial charge in [-0.3, -0.25) is 4.79 Å². The predicted octanol–water partition coefficient (Wildman–Crippen LogP) is 4.14. The highest BCUT2D eigenvalue weighted by Crippen LogP contribution is 2.45. The van der Waals surface area contributed by atoms with Crippen molar-refractivity contribution < 1.29 is 9.18 Å². The second kappa shape index (κ2) is 3.51. The Morgan fingerprint density at radius 3 is 2.42 bits per heavy atom. The van der Waals surface area contributed by atoms with E-state index in [0.717, 1.165) is 16.7 Å². The number of benzene rings is 1. The maximum absolute atomic E-state index is 13.8. The summed E-state index contributed by atoms with van der Waals surface area (Å²) in [6.45, 7) is 0. The average Bonchev–Trinajstić information content (AvgIpc) is 2.78. The van der Waals surface area contributed by atoms with Crippen LogP contribution in [0.1, 0.15) is 15.9 Å². The fourth-order valence-corrected chi connectivity index (χ4v) is 2.85. The van der Waals surface area contributed by atoms with E-state index in [1.54, 1.807) is 12.1 Å². The molecule has 0 saturated carbocycles. The number of hydrogen-bond donors (Lipinski definition) is 0. The SMILES string of the molecule is O=C1c2c(F)cccc2-c2cc3cccccc-3c21. The molecule has 1 nitrogen and oxygen atoms in total. The van der Waals surface area contributed by atoms with Gasteiger partial charge in [0.05, 0.1) is 5.56 Å². The zero-order chi connectivity index (χ0) is 13.0. The minimum atomic E-state index is -0.438. The topological polar surface area (TPSA) is 17.1 Å². The Labute approximate surface area is 109 Å². The van der Waals surface area contributed by atoms with Crippen LogP contribution in [-0.4, -0.2) is 5.78 Å². The third-order valence-corrected chi connectivity index (χ3v) is 3.67. The van der Waals surface area contributed by atoms with Crippen molar-refractivity contribution in [3.63, 3.8) is 0 Å². The summed E-state index contributed by atoms with van der Waals surface area (Å²) in [6, 6.07) is 16.4. The van der Waals surface area contributed by atoms with Crippen molar-refractivity contribution >= 4 is 5.78 Å². The number of fused-ring (bicyclic) bond motifs is 5. The van der Waals surface area contributed by atoms with E-state index >= 15 is 0 Å². The minimum Gasteiger partial charge on any atom is -0.288 e. The normalized spacial score (nSPS) is 12.6. The summed E-state index contributed by atoms with van der Waals surface area (Å²) in [4.78, 5) is 12.4. The second-order valence-corrected chi connectivity index (χ2v) is 4.70. The van der Waals surface area contributed by atoms with Gasteiger partial charge in [-0.1, -0.05) is 42.5 Å². The van der Waals surface area contributed by atoms with Crippen molar-refractivity contribution in [1.82, 2.24) is 0 Å². The molecule has 1 aromatic carbocycles. The van der Waals surface area contributed by atoms with E-state index in [4.69, 9.17) is 0 Å². The van der Waals surface area contributed by atoms with Crippen LogP contribution in [0.2, 0.25) is 0 Å². The van der Waals surface area contributed by atoms with Crippen LogP contribution < -0.4 is 0 Å². The Morgan fingerprint density at radius 1 is 0.737 bits per heavy atom. The molecule has 0 atom stereocenters.